The molecular formula is C14H19BrINO. The van der Waals surface area contributed by atoms with Crippen molar-refractivity contribution in [2.45, 2.75) is 39.7 Å². The third-order valence-electron chi connectivity index (χ3n) is 3.00. The lowest BCUT2D eigenvalue weighted by Crippen LogP contribution is -2.34. The number of rotatable bonds is 5. The second-order valence-electron chi connectivity index (χ2n) is 4.75. The van der Waals surface area contributed by atoms with E-state index in [-0.39, 0.29) is 11.9 Å². The van der Waals surface area contributed by atoms with Crippen LogP contribution in [-0.2, 0) is 0 Å². The quantitative estimate of drug-likeness (QED) is 0.688. The number of amides is 1. The van der Waals surface area contributed by atoms with Gasteiger partial charge in [-0.15, -0.1) is 0 Å². The molecule has 0 aliphatic carbocycles. The van der Waals surface area contributed by atoms with Gasteiger partial charge in [-0.05, 0) is 76.0 Å². The summed E-state index contributed by atoms with van der Waals surface area (Å²) in [6.45, 7) is 6.45. The molecule has 0 fully saturated rings. The summed E-state index contributed by atoms with van der Waals surface area (Å²) in [6.07, 6.45) is 2.16. The average Bonchev–Trinajstić information content (AvgIpc) is 2.31. The molecule has 2 atom stereocenters. The molecule has 0 radical (unpaired) electrons. The van der Waals surface area contributed by atoms with E-state index in [4.69, 9.17) is 0 Å². The van der Waals surface area contributed by atoms with Crippen molar-refractivity contribution < 1.29 is 4.79 Å². The Bertz CT molecular complexity index is 422. The molecule has 0 saturated carbocycles. The molecular weight excluding hydrogens is 405 g/mol. The minimum Gasteiger partial charge on any atom is -0.350 e. The normalized spacial score (nSPS) is 14.1. The highest BCUT2D eigenvalue weighted by Gasteiger charge is 2.14. The minimum atomic E-state index is -0.00352. The number of hydrogen-bond acceptors (Lipinski definition) is 1. The molecule has 1 aromatic carbocycles. The molecule has 1 aromatic rings. The van der Waals surface area contributed by atoms with Crippen LogP contribution in [0.15, 0.2) is 22.7 Å². The Hall–Kier alpha value is -0.100. The molecule has 0 saturated heterocycles. The van der Waals surface area contributed by atoms with Gasteiger partial charge in [-0.2, -0.15) is 0 Å². The van der Waals surface area contributed by atoms with E-state index >= 15 is 0 Å². The predicted molar refractivity (Wildman–Crippen MR) is 87.9 cm³/mol. The fourth-order valence-electron chi connectivity index (χ4n) is 1.80. The molecule has 1 amide bonds. The molecule has 0 aliphatic rings. The van der Waals surface area contributed by atoms with Crippen LogP contribution in [0, 0.1) is 9.49 Å². The first-order chi connectivity index (χ1) is 8.43. The Morgan fingerprint density at radius 1 is 1.44 bits per heavy atom. The Kier molecular flexibility index (Phi) is 6.63. The number of carbonyl (C=O) groups is 1. The van der Waals surface area contributed by atoms with Crippen molar-refractivity contribution in [2.24, 2.45) is 5.92 Å². The Morgan fingerprint density at radius 3 is 2.72 bits per heavy atom. The fourth-order valence-corrected chi connectivity index (χ4v) is 2.72. The Labute approximate surface area is 131 Å². The second kappa shape index (κ2) is 7.48. The number of hydrogen-bond donors (Lipinski definition) is 1. The van der Waals surface area contributed by atoms with Gasteiger partial charge in [0.25, 0.3) is 5.91 Å². The standard InChI is InChI=1S/C14H19BrINO/c1-4-9(2)7-10(3)17-14(18)12-8-11(16)5-6-13(12)15/h5-6,8-10H,4,7H2,1-3H3,(H,17,18). The van der Waals surface area contributed by atoms with Gasteiger partial charge < -0.3 is 5.32 Å². The molecule has 1 N–H and O–H groups in total. The molecule has 2 nitrogen and oxygen atoms in total. The first-order valence-electron chi connectivity index (χ1n) is 6.20. The van der Waals surface area contributed by atoms with Gasteiger partial charge in [-0.1, -0.05) is 20.3 Å². The summed E-state index contributed by atoms with van der Waals surface area (Å²) in [5.74, 6) is 0.635. The van der Waals surface area contributed by atoms with Gasteiger partial charge in [0.05, 0.1) is 5.56 Å². The molecule has 0 bridgehead atoms. The van der Waals surface area contributed by atoms with E-state index in [0.29, 0.717) is 11.5 Å². The molecule has 0 aliphatic heterocycles. The lowest BCUT2D eigenvalue weighted by Gasteiger charge is -2.18. The predicted octanol–water partition coefficient (Wildman–Crippen LogP) is 4.61. The van der Waals surface area contributed by atoms with Crippen LogP contribution in [0.3, 0.4) is 0 Å². The fraction of sp³-hybridized carbons (Fsp3) is 0.500. The first-order valence-corrected chi connectivity index (χ1v) is 8.07. The van der Waals surface area contributed by atoms with E-state index in [1.54, 1.807) is 0 Å². The van der Waals surface area contributed by atoms with Crippen LogP contribution < -0.4 is 5.32 Å². The molecule has 0 spiro atoms. The molecule has 0 heterocycles. The van der Waals surface area contributed by atoms with Gasteiger partial charge in [-0.3, -0.25) is 4.79 Å². The van der Waals surface area contributed by atoms with E-state index in [9.17, 15) is 4.79 Å². The van der Waals surface area contributed by atoms with Gasteiger partial charge in [0.1, 0.15) is 0 Å². The smallest absolute Gasteiger partial charge is 0.252 e. The SMILES string of the molecule is CCC(C)CC(C)NC(=O)c1cc(I)ccc1Br. The maximum absolute atomic E-state index is 12.2. The van der Waals surface area contributed by atoms with Gasteiger partial charge in [0, 0.05) is 14.1 Å². The maximum Gasteiger partial charge on any atom is 0.252 e. The highest BCUT2D eigenvalue weighted by atomic mass is 127. The van der Waals surface area contributed by atoms with E-state index < -0.39 is 0 Å². The average molecular weight is 424 g/mol. The third-order valence-corrected chi connectivity index (χ3v) is 4.37. The summed E-state index contributed by atoms with van der Waals surface area (Å²) < 4.78 is 1.91. The highest BCUT2D eigenvalue weighted by Crippen LogP contribution is 2.20. The van der Waals surface area contributed by atoms with Crippen LogP contribution in [0.5, 0.6) is 0 Å². The van der Waals surface area contributed by atoms with Gasteiger partial charge >= 0.3 is 0 Å². The van der Waals surface area contributed by atoms with Crippen molar-refractivity contribution in [3.63, 3.8) is 0 Å². The van der Waals surface area contributed by atoms with Crippen LogP contribution in [0.25, 0.3) is 0 Å². The molecule has 2 unspecified atom stereocenters. The summed E-state index contributed by atoms with van der Waals surface area (Å²) in [5.41, 5.74) is 0.706. The van der Waals surface area contributed by atoms with Crippen LogP contribution in [0.2, 0.25) is 0 Å². The molecule has 4 heteroatoms. The summed E-state index contributed by atoms with van der Waals surface area (Å²) in [7, 11) is 0. The first kappa shape index (κ1) is 16.0. The van der Waals surface area contributed by atoms with Crippen molar-refractivity contribution in [1.82, 2.24) is 5.32 Å². The summed E-state index contributed by atoms with van der Waals surface area (Å²) in [6, 6.07) is 5.99. The molecule has 18 heavy (non-hydrogen) atoms. The van der Waals surface area contributed by atoms with Crippen molar-refractivity contribution in [1.29, 1.82) is 0 Å². The largest absolute Gasteiger partial charge is 0.350 e. The van der Waals surface area contributed by atoms with Gasteiger partial charge in [-0.25, -0.2) is 0 Å². The van der Waals surface area contributed by atoms with Crippen molar-refractivity contribution >= 4 is 44.4 Å². The summed E-state index contributed by atoms with van der Waals surface area (Å²) in [4.78, 5) is 12.2. The summed E-state index contributed by atoms with van der Waals surface area (Å²) >= 11 is 5.64. The topological polar surface area (TPSA) is 29.1 Å². The molecule has 0 aromatic heterocycles. The number of halogens is 2. The zero-order valence-corrected chi connectivity index (χ0v) is 14.7. The number of nitrogens with one attached hydrogen (secondary N) is 1. The van der Waals surface area contributed by atoms with E-state index in [2.05, 4.69) is 64.6 Å². The van der Waals surface area contributed by atoms with E-state index in [1.165, 1.54) is 0 Å². The van der Waals surface area contributed by atoms with E-state index in [0.717, 1.165) is 20.9 Å². The zero-order valence-electron chi connectivity index (χ0n) is 11.0. The van der Waals surface area contributed by atoms with Crippen molar-refractivity contribution in [2.75, 3.05) is 0 Å². The zero-order chi connectivity index (χ0) is 13.7. The molecule has 1 rings (SSSR count). The van der Waals surface area contributed by atoms with E-state index in [1.807, 2.05) is 18.2 Å². The van der Waals surface area contributed by atoms with Crippen LogP contribution in [-0.4, -0.2) is 11.9 Å². The van der Waals surface area contributed by atoms with Crippen LogP contribution >= 0.6 is 38.5 Å². The second-order valence-corrected chi connectivity index (χ2v) is 6.85. The maximum atomic E-state index is 12.2. The number of carbonyl (C=O) groups excluding carboxylic acids is 1. The van der Waals surface area contributed by atoms with Crippen molar-refractivity contribution in [3.8, 4) is 0 Å². The lowest BCUT2D eigenvalue weighted by atomic mass is 10.0. The van der Waals surface area contributed by atoms with Crippen molar-refractivity contribution in [3.05, 3.63) is 31.8 Å². The molecule has 100 valence electrons. The van der Waals surface area contributed by atoms with Crippen LogP contribution in [0.1, 0.15) is 44.0 Å². The third kappa shape index (κ3) is 4.88. The van der Waals surface area contributed by atoms with Gasteiger partial charge in [0.15, 0.2) is 0 Å². The monoisotopic (exact) mass is 423 g/mol. The lowest BCUT2D eigenvalue weighted by molar-refractivity contribution is 0.0934. The summed E-state index contributed by atoms with van der Waals surface area (Å²) in [5, 5.41) is 3.06. The highest BCUT2D eigenvalue weighted by molar-refractivity contribution is 14.1. The number of benzene rings is 1. The Balaban J connectivity index is 2.67. The minimum absolute atomic E-state index is 0.00352. The Morgan fingerprint density at radius 2 is 2.11 bits per heavy atom. The van der Waals surface area contributed by atoms with Crippen LogP contribution in [0.4, 0.5) is 0 Å². The van der Waals surface area contributed by atoms with Gasteiger partial charge in [0.2, 0.25) is 0 Å².